The molecular formula is C19H26BNO4. The van der Waals surface area contributed by atoms with E-state index in [9.17, 15) is 10.1 Å². The molecule has 1 aromatic rings. The number of rotatable bonds is 2. The molecule has 0 bridgehead atoms. The van der Waals surface area contributed by atoms with Crippen LogP contribution in [0.4, 0.5) is 0 Å². The van der Waals surface area contributed by atoms with E-state index < -0.39 is 18.7 Å². The van der Waals surface area contributed by atoms with Gasteiger partial charge in [-0.3, -0.25) is 4.79 Å². The van der Waals surface area contributed by atoms with Crippen LogP contribution in [0.2, 0.25) is 0 Å². The summed E-state index contributed by atoms with van der Waals surface area (Å²) in [6, 6.07) is 7.14. The Balaban J connectivity index is 2.34. The van der Waals surface area contributed by atoms with Crippen molar-refractivity contribution in [2.75, 3.05) is 6.61 Å². The molecule has 0 aromatic heterocycles. The first kappa shape index (κ1) is 19.5. The normalized spacial score (nSPS) is 19.9. The van der Waals surface area contributed by atoms with Crippen molar-refractivity contribution in [2.45, 2.75) is 59.5 Å². The van der Waals surface area contributed by atoms with Crippen LogP contribution in [0.3, 0.4) is 0 Å². The first-order valence-corrected chi connectivity index (χ1v) is 8.68. The van der Waals surface area contributed by atoms with Crippen LogP contribution in [0.15, 0.2) is 18.2 Å². The zero-order chi connectivity index (χ0) is 18.7. The fourth-order valence-corrected chi connectivity index (χ4v) is 2.81. The molecule has 1 aliphatic heterocycles. The van der Waals surface area contributed by atoms with E-state index in [2.05, 4.69) is 33.8 Å². The Hall–Kier alpha value is -1.84. The third kappa shape index (κ3) is 4.62. The van der Waals surface area contributed by atoms with Gasteiger partial charge in [0.2, 0.25) is 0 Å². The predicted octanol–water partition coefficient (Wildman–Crippen LogP) is 3.20. The van der Waals surface area contributed by atoms with Crippen molar-refractivity contribution >= 4 is 18.6 Å². The fraction of sp³-hybridized carbons (Fsp3) is 0.579. The van der Waals surface area contributed by atoms with Gasteiger partial charge in [-0.25, -0.2) is 0 Å². The number of esters is 1. The van der Waals surface area contributed by atoms with Gasteiger partial charge in [0.05, 0.1) is 11.2 Å². The number of benzene rings is 1. The molecule has 1 aliphatic rings. The summed E-state index contributed by atoms with van der Waals surface area (Å²) in [7, 11) is -0.564. The van der Waals surface area contributed by atoms with Crippen molar-refractivity contribution in [1.82, 2.24) is 0 Å². The monoisotopic (exact) mass is 343 g/mol. The van der Waals surface area contributed by atoms with Gasteiger partial charge in [-0.2, -0.15) is 5.26 Å². The lowest BCUT2D eigenvalue weighted by Crippen LogP contribution is -2.50. The summed E-state index contributed by atoms with van der Waals surface area (Å²) >= 11 is 0. The zero-order valence-electron chi connectivity index (χ0n) is 15.7. The summed E-state index contributed by atoms with van der Waals surface area (Å²) in [5, 5.41) is 9.36. The summed E-state index contributed by atoms with van der Waals surface area (Å²) in [5.41, 5.74) is 0.632. The lowest BCUT2D eigenvalue weighted by molar-refractivity contribution is -0.131. The maximum Gasteiger partial charge on any atom is 0.494 e. The highest BCUT2D eigenvalue weighted by Gasteiger charge is 2.42. The Morgan fingerprint density at radius 3 is 2.64 bits per heavy atom. The summed E-state index contributed by atoms with van der Waals surface area (Å²) in [5.74, 6) is -0.205. The standard InChI is InChI=1S/C19H26BNO4/c1-14(22)24-17-9-8-16(12-15(17)13-21)20-23-11-7-6-10-18(2,3)19(4,5)25-20/h8-9,12H,6-7,10-11H2,1-5H3. The van der Waals surface area contributed by atoms with E-state index in [-0.39, 0.29) is 16.7 Å². The molecule has 0 N–H and O–H groups in total. The number of carbonyl (C=O) groups excluding carboxylic acids is 1. The van der Waals surface area contributed by atoms with Crippen molar-refractivity contribution in [3.8, 4) is 11.8 Å². The first-order valence-electron chi connectivity index (χ1n) is 8.68. The maximum atomic E-state index is 11.2. The minimum Gasteiger partial charge on any atom is -0.425 e. The van der Waals surface area contributed by atoms with Crippen molar-refractivity contribution < 1.29 is 18.8 Å². The summed E-state index contributed by atoms with van der Waals surface area (Å²) in [6.45, 7) is 10.5. The molecule has 6 heteroatoms. The molecular weight excluding hydrogens is 317 g/mol. The molecule has 2 rings (SSSR count). The highest BCUT2D eigenvalue weighted by Crippen LogP contribution is 2.39. The van der Waals surface area contributed by atoms with Crippen LogP contribution in [-0.2, 0) is 14.1 Å². The molecule has 0 saturated carbocycles. The Kier molecular flexibility index (Phi) is 5.92. The zero-order valence-corrected chi connectivity index (χ0v) is 15.7. The Morgan fingerprint density at radius 1 is 1.28 bits per heavy atom. The molecule has 1 aromatic carbocycles. The van der Waals surface area contributed by atoms with Gasteiger partial charge in [-0.1, -0.05) is 26.3 Å². The van der Waals surface area contributed by atoms with Crippen LogP contribution < -0.4 is 10.2 Å². The minimum atomic E-state index is -0.564. The molecule has 134 valence electrons. The molecule has 1 heterocycles. The van der Waals surface area contributed by atoms with Crippen molar-refractivity contribution in [1.29, 1.82) is 5.26 Å². The van der Waals surface area contributed by atoms with Crippen molar-refractivity contribution in [3.63, 3.8) is 0 Å². The average Bonchev–Trinajstić information content (AvgIpc) is 2.57. The van der Waals surface area contributed by atoms with E-state index in [1.54, 1.807) is 18.2 Å². The SMILES string of the molecule is CC(=O)Oc1ccc(B2OCCCCC(C)(C)C(C)(C)O2)cc1C#N. The summed E-state index contributed by atoms with van der Waals surface area (Å²) in [4.78, 5) is 11.2. The number of nitriles is 1. The molecule has 0 unspecified atom stereocenters. The average molecular weight is 343 g/mol. The van der Waals surface area contributed by atoms with Gasteiger partial charge in [0.1, 0.15) is 11.8 Å². The van der Waals surface area contributed by atoms with Crippen molar-refractivity contribution in [3.05, 3.63) is 23.8 Å². The molecule has 5 nitrogen and oxygen atoms in total. The third-order valence-electron chi connectivity index (χ3n) is 5.15. The molecule has 0 amide bonds. The van der Waals surface area contributed by atoms with Gasteiger partial charge in [0.15, 0.2) is 0 Å². The van der Waals surface area contributed by atoms with E-state index in [1.807, 2.05) is 0 Å². The van der Waals surface area contributed by atoms with Crippen LogP contribution >= 0.6 is 0 Å². The van der Waals surface area contributed by atoms with Crippen LogP contribution in [0.25, 0.3) is 0 Å². The Morgan fingerprint density at radius 2 is 2.00 bits per heavy atom. The smallest absolute Gasteiger partial charge is 0.425 e. The number of carbonyl (C=O) groups is 1. The largest absolute Gasteiger partial charge is 0.494 e. The van der Waals surface area contributed by atoms with Crippen LogP contribution in [0.5, 0.6) is 5.75 Å². The van der Waals surface area contributed by atoms with E-state index in [0.717, 1.165) is 24.7 Å². The van der Waals surface area contributed by atoms with Gasteiger partial charge in [0, 0.05) is 13.5 Å². The first-order chi connectivity index (χ1) is 11.7. The highest BCUT2D eigenvalue weighted by molar-refractivity contribution is 6.61. The topological polar surface area (TPSA) is 68.6 Å². The molecule has 25 heavy (non-hydrogen) atoms. The molecule has 1 saturated heterocycles. The molecule has 0 aliphatic carbocycles. The van der Waals surface area contributed by atoms with Crippen LogP contribution in [0, 0.1) is 16.7 Å². The van der Waals surface area contributed by atoms with Crippen molar-refractivity contribution in [2.24, 2.45) is 5.41 Å². The van der Waals surface area contributed by atoms with E-state index in [1.165, 1.54) is 6.92 Å². The molecule has 1 fully saturated rings. The number of hydrogen-bond acceptors (Lipinski definition) is 5. The predicted molar refractivity (Wildman–Crippen MR) is 96.6 cm³/mol. The second-order valence-electron chi connectivity index (χ2n) is 7.63. The lowest BCUT2D eigenvalue weighted by atomic mass is 9.70. The van der Waals surface area contributed by atoms with E-state index in [4.69, 9.17) is 14.0 Å². The van der Waals surface area contributed by atoms with Gasteiger partial charge >= 0.3 is 13.1 Å². The van der Waals surface area contributed by atoms with Gasteiger partial charge in [0.25, 0.3) is 0 Å². The Labute approximate surface area is 150 Å². The van der Waals surface area contributed by atoms with E-state index in [0.29, 0.717) is 6.61 Å². The second-order valence-corrected chi connectivity index (χ2v) is 7.63. The highest BCUT2D eigenvalue weighted by atomic mass is 16.6. The van der Waals surface area contributed by atoms with Gasteiger partial charge in [-0.15, -0.1) is 0 Å². The number of nitrogens with zero attached hydrogens (tertiary/aromatic N) is 1. The van der Waals surface area contributed by atoms with Crippen LogP contribution in [0.1, 0.15) is 59.4 Å². The Bertz CT molecular complexity index is 678. The molecule has 0 atom stereocenters. The minimum absolute atomic E-state index is 0.00527. The number of hydrogen-bond donors (Lipinski definition) is 0. The maximum absolute atomic E-state index is 11.2. The molecule has 0 spiro atoms. The second kappa shape index (κ2) is 7.59. The quantitative estimate of drug-likeness (QED) is 0.469. The van der Waals surface area contributed by atoms with Gasteiger partial charge < -0.3 is 14.0 Å². The lowest BCUT2D eigenvalue weighted by Gasteiger charge is -2.42. The number of ether oxygens (including phenoxy) is 1. The third-order valence-corrected chi connectivity index (χ3v) is 5.15. The fourth-order valence-electron chi connectivity index (χ4n) is 2.81. The molecule has 0 radical (unpaired) electrons. The van der Waals surface area contributed by atoms with Gasteiger partial charge in [-0.05, 0) is 49.7 Å². The summed E-state index contributed by atoms with van der Waals surface area (Å²) in [6.07, 6.45) is 3.11. The summed E-state index contributed by atoms with van der Waals surface area (Å²) < 4.78 is 17.4. The van der Waals surface area contributed by atoms with E-state index >= 15 is 0 Å². The van der Waals surface area contributed by atoms with Crippen LogP contribution in [-0.4, -0.2) is 25.3 Å².